The Morgan fingerprint density at radius 3 is 2.58 bits per heavy atom. The lowest BCUT2D eigenvalue weighted by atomic mass is 9.99. The van der Waals surface area contributed by atoms with Gasteiger partial charge in [-0.3, -0.25) is 14.5 Å². The molecule has 2 amide bonds. The monoisotopic (exact) mass is 262 g/mol. The lowest BCUT2D eigenvalue weighted by Crippen LogP contribution is -2.48. The molecule has 1 aliphatic heterocycles. The van der Waals surface area contributed by atoms with Crippen LogP contribution in [0.25, 0.3) is 0 Å². The number of amides is 2. The fourth-order valence-electron chi connectivity index (χ4n) is 2.34. The summed E-state index contributed by atoms with van der Waals surface area (Å²) in [5, 5.41) is 10.7. The second-order valence-corrected chi connectivity index (χ2v) is 4.90. The fourth-order valence-corrected chi connectivity index (χ4v) is 2.34. The van der Waals surface area contributed by atoms with Gasteiger partial charge in [0.2, 0.25) is 5.91 Å². The SMILES string of the molecule is CCC1(O)c2ccccc2C(=O)N1CC(=O)N(C)C. The maximum absolute atomic E-state index is 12.3. The van der Waals surface area contributed by atoms with Gasteiger partial charge >= 0.3 is 0 Å². The number of hydrogen-bond acceptors (Lipinski definition) is 3. The zero-order valence-corrected chi connectivity index (χ0v) is 11.4. The highest BCUT2D eigenvalue weighted by atomic mass is 16.3. The van der Waals surface area contributed by atoms with E-state index >= 15 is 0 Å². The van der Waals surface area contributed by atoms with Gasteiger partial charge in [0.25, 0.3) is 5.91 Å². The summed E-state index contributed by atoms with van der Waals surface area (Å²) in [4.78, 5) is 26.8. The first-order valence-electron chi connectivity index (χ1n) is 6.25. The van der Waals surface area contributed by atoms with Crippen molar-refractivity contribution in [2.75, 3.05) is 20.6 Å². The van der Waals surface area contributed by atoms with E-state index in [0.29, 0.717) is 17.5 Å². The summed E-state index contributed by atoms with van der Waals surface area (Å²) in [7, 11) is 3.25. The number of nitrogens with zero attached hydrogens (tertiary/aromatic N) is 2. The minimum absolute atomic E-state index is 0.120. The predicted molar refractivity (Wildman–Crippen MR) is 70.4 cm³/mol. The molecule has 0 bridgehead atoms. The van der Waals surface area contributed by atoms with Crippen molar-refractivity contribution in [3.63, 3.8) is 0 Å². The summed E-state index contributed by atoms with van der Waals surface area (Å²) in [5.74, 6) is -0.511. The van der Waals surface area contributed by atoms with Crippen LogP contribution in [0.5, 0.6) is 0 Å². The Bertz CT molecular complexity index is 527. The molecule has 19 heavy (non-hydrogen) atoms. The van der Waals surface area contributed by atoms with E-state index in [9.17, 15) is 14.7 Å². The number of likely N-dealkylation sites (N-methyl/N-ethyl adjacent to an activating group) is 1. The maximum Gasteiger partial charge on any atom is 0.257 e. The molecule has 0 spiro atoms. The van der Waals surface area contributed by atoms with Gasteiger partial charge in [0.05, 0.1) is 0 Å². The molecule has 1 aromatic carbocycles. The first kappa shape index (κ1) is 13.5. The van der Waals surface area contributed by atoms with Crippen LogP contribution in [0, 0.1) is 0 Å². The Kier molecular flexibility index (Phi) is 3.32. The minimum Gasteiger partial charge on any atom is -0.367 e. The van der Waals surface area contributed by atoms with Crippen LogP contribution in [0.15, 0.2) is 24.3 Å². The molecule has 1 aromatic rings. The summed E-state index contributed by atoms with van der Waals surface area (Å²) in [6.07, 6.45) is 0.344. The van der Waals surface area contributed by atoms with Crippen molar-refractivity contribution in [2.24, 2.45) is 0 Å². The molecule has 2 rings (SSSR count). The predicted octanol–water partition coefficient (Wildman–Crippen LogP) is 0.786. The molecule has 5 heteroatoms. The normalized spacial score (nSPS) is 21.5. The smallest absolute Gasteiger partial charge is 0.257 e. The van der Waals surface area contributed by atoms with Crippen LogP contribution in [0.4, 0.5) is 0 Å². The van der Waals surface area contributed by atoms with Crippen molar-refractivity contribution in [2.45, 2.75) is 19.1 Å². The molecule has 1 atom stereocenters. The Hall–Kier alpha value is -1.88. The van der Waals surface area contributed by atoms with Gasteiger partial charge in [0.15, 0.2) is 5.72 Å². The van der Waals surface area contributed by atoms with Crippen molar-refractivity contribution >= 4 is 11.8 Å². The highest BCUT2D eigenvalue weighted by molar-refractivity contribution is 6.01. The largest absolute Gasteiger partial charge is 0.367 e. The average molecular weight is 262 g/mol. The second-order valence-electron chi connectivity index (χ2n) is 4.90. The second kappa shape index (κ2) is 4.66. The number of carbonyl (C=O) groups excluding carboxylic acids is 2. The lowest BCUT2D eigenvalue weighted by molar-refractivity contribution is -0.138. The molecule has 0 radical (unpaired) electrons. The van der Waals surface area contributed by atoms with E-state index in [1.54, 1.807) is 45.3 Å². The van der Waals surface area contributed by atoms with E-state index < -0.39 is 5.72 Å². The van der Waals surface area contributed by atoms with Gasteiger partial charge in [-0.1, -0.05) is 25.1 Å². The van der Waals surface area contributed by atoms with E-state index in [2.05, 4.69) is 0 Å². The van der Waals surface area contributed by atoms with Crippen molar-refractivity contribution in [3.05, 3.63) is 35.4 Å². The molecule has 1 aliphatic rings. The van der Waals surface area contributed by atoms with Crippen LogP contribution in [-0.4, -0.2) is 47.4 Å². The van der Waals surface area contributed by atoms with Crippen LogP contribution in [-0.2, 0) is 10.5 Å². The first-order chi connectivity index (χ1) is 8.91. The fraction of sp³-hybridized carbons (Fsp3) is 0.429. The Balaban J connectivity index is 2.41. The number of rotatable bonds is 3. The van der Waals surface area contributed by atoms with Crippen LogP contribution in [0.3, 0.4) is 0 Å². The van der Waals surface area contributed by atoms with Gasteiger partial charge < -0.3 is 10.0 Å². The third-order valence-electron chi connectivity index (χ3n) is 3.57. The Morgan fingerprint density at radius 1 is 1.37 bits per heavy atom. The Morgan fingerprint density at radius 2 is 2.00 bits per heavy atom. The zero-order chi connectivity index (χ0) is 14.2. The standard InChI is InChI=1S/C14H18N2O3/c1-4-14(19)11-8-6-5-7-10(11)13(18)16(14)9-12(17)15(2)3/h5-8,19H,4,9H2,1-3H3. The van der Waals surface area contributed by atoms with Crippen molar-refractivity contribution in [1.82, 2.24) is 9.80 Å². The molecule has 0 saturated heterocycles. The molecule has 0 fully saturated rings. The van der Waals surface area contributed by atoms with Gasteiger partial charge in [0.1, 0.15) is 6.54 Å². The minimum atomic E-state index is -1.39. The highest BCUT2D eigenvalue weighted by Crippen LogP contribution is 2.39. The van der Waals surface area contributed by atoms with Gasteiger partial charge in [-0.15, -0.1) is 0 Å². The third kappa shape index (κ3) is 2.00. The molecule has 1 unspecified atom stereocenters. The summed E-state index contributed by atoms with van der Waals surface area (Å²) in [5.41, 5.74) is -0.341. The van der Waals surface area contributed by atoms with Crippen molar-refractivity contribution < 1.29 is 14.7 Å². The van der Waals surface area contributed by atoms with Crippen LogP contribution >= 0.6 is 0 Å². The Labute approximate surface area is 112 Å². The molecule has 1 N–H and O–H groups in total. The molecular formula is C14H18N2O3. The number of carbonyl (C=O) groups is 2. The van der Waals surface area contributed by atoms with E-state index in [-0.39, 0.29) is 18.4 Å². The topological polar surface area (TPSA) is 60.9 Å². The van der Waals surface area contributed by atoms with E-state index in [4.69, 9.17) is 0 Å². The molecule has 0 saturated carbocycles. The molecule has 0 aliphatic carbocycles. The summed E-state index contributed by atoms with van der Waals surface area (Å²) in [6.45, 7) is 1.67. The first-order valence-corrected chi connectivity index (χ1v) is 6.25. The van der Waals surface area contributed by atoms with Gasteiger partial charge in [-0.25, -0.2) is 0 Å². The van der Waals surface area contributed by atoms with Crippen molar-refractivity contribution in [1.29, 1.82) is 0 Å². The van der Waals surface area contributed by atoms with E-state index in [1.807, 2.05) is 0 Å². The highest BCUT2D eigenvalue weighted by Gasteiger charge is 2.47. The zero-order valence-electron chi connectivity index (χ0n) is 11.4. The number of benzene rings is 1. The number of hydrogen-bond donors (Lipinski definition) is 1. The summed E-state index contributed by atoms with van der Waals surface area (Å²) >= 11 is 0. The molecular weight excluding hydrogens is 244 g/mol. The van der Waals surface area contributed by atoms with Crippen LogP contribution in [0.1, 0.15) is 29.3 Å². The average Bonchev–Trinajstić information content (AvgIpc) is 2.62. The van der Waals surface area contributed by atoms with E-state index in [0.717, 1.165) is 0 Å². The van der Waals surface area contributed by atoms with E-state index in [1.165, 1.54) is 9.80 Å². The van der Waals surface area contributed by atoms with Gasteiger partial charge in [-0.05, 0) is 12.5 Å². The van der Waals surface area contributed by atoms with Crippen LogP contribution < -0.4 is 0 Å². The summed E-state index contributed by atoms with van der Waals surface area (Å²) < 4.78 is 0. The summed E-state index contributed by atoms with van der Waals surface area (Å²) in [6, 6.07) is 6.95. The number of aliphatic hydroxyl groups is 1. The van der Waals surface area contributed by atoms with Crippen molar-refractivity contribution in [3.8, 4) is 0 Å². The molecule has 0 aromatic heterocycles. The maximum atomic E-state index is 12.3. The molecule has 5 nitrogen and oxygen atoms in total. The van der Waals surface area contributed by atoms with Crippen LogP contribution in [0.2, 0.25) is 0 Å². The molecule has 1 heterocycles. The lowest BCUT2D eigenvalue weighted by Gasteiger charge is -2.33. The van der Waals surface area contributed by atoms with Gasteiger partial charge in [0, 0.05) is 25.2 Å². The molecule has 102 valence electrons. The third-order valence-corrected chi connectivity index (χ3v) is 3.57. The number of fused-ring (bicyclic) bond motifs is 1. The quantitative estimate of drug-likeness (QED) is 0.876. The van der Waals surface area contributed by atoms with Gasteiger partial charge in [-0.2, -0.15) is 0 Å².